The summed E-state index contributed by atoms with van der Waals surface area (Å²) in [6.45, 7) is 1.65. The highest BCUT2D eigenvalue weighted by Gasteiger charge is 2.17. The van der Waals surface area contributed by atoms with E-state index in [4.69, 9.17) is 14.7 Å². The normalized spacial score (nSPS) is 15.3. The van der Waals surface area contributed by atoms with E-state index in [0.29, 0.717) is 35.2 Å². The second-order valence-electron chi connectivity index (χ2n) is 7.06. The van der Waals surface area contributed by atoms with Crippen LogP contribution in [0.1, 0.15) is 18.4 Å². The highest BCUT2D eigenvalue weighted by Crippen LogP contribution is 2.31. The van der Waals surface area contributed by atoms with Crippen LogP contribution in [0.2, 0.25) is 0 Å². The number of anilines is 1. The molecule has 4 rings (SSSR count). The highest BCUT2D eigenvalue weighted by atomic mass is 19.1. The van der Waals surface area contributed by atoms with E-state index in [1.165, 1.54) is 25.4 Å². The average molecular weight is 420 g/mol. The van der Waals surface area contributed by atoms with Crippen LogP contribution in [0.5, 0.6) is 17.4 Å². The molecule has 1 atom stereocenters. The van der Waals surface area contributed by atoms with E-state index in [1.807, 2.05) is 0 Å². The third-order valence-corrected chi connectivity index (χ3v) is 4.92. The molecule has 1 aromatic carbocycles. The maximum Gasteiger partial charge on any atom is 0.263 e. The number of halogens is 1. The monoisotopic (exact) mass is 420 g/mol. The Kier molecular flexibility index (Phi) is 6.19. The fourth-order valence-corrected chi connectivity index (χ4v) is 3.32. The van der Waals surface area contributed by atoms with Crippen molar-refractivity contribution in [3.05, 3.63) is 54.2 Å². The van der Waals surface area contributed by atoms with Gasteiger partial charge in [0.05, 0.1) is 24.6 Å². The molecular formula is C22H21FN6O2. The molecule has 31 heavy (non-hydrogen) atoms. The van der Waals surface area contributed by atoms with Crippen LogP contribution in [-0.4, -0.2) is 41.2 Å². The zero-order valence-electron chi connectivity index (χ0n) is 16.9. The van der Waals surface area contributed by atoms with Gasteiger partial charge < -0.3 is 20.1 Å². The van der Waals surface area contributed by atoms with Gasteiger partial charge in [-0.2, -0.15) is 5.26 Å². The van der Waals surface area contributed by atoms with Gasteiger partial charge in [0.15, 0.2) is 17.4 Å². The molecule has 1 aliphatic heterocycles. The topological polar surface area (TPSA) is 105 Å². The Morgan fingerprint density at radius 2 is 2.19 bits per heavy atom. The van der Waals surface area contributed by atoms with Gasteiger partial charge in [0.1, 0.15) is 11.8 Å². The highest BCUT2D eigenvalue weighted by molar-refractivity contribution is 5.62. The fourth-order valence-electron chi connectivity index (χ4n) is 3.32. The minimum Gasteiger partial charge on any atom is -0.494 e. The smallest absolute Gasteiger partial charge is 0.263 e. The van der Waals surface area contributed by atoms with Crippen molar-refractivity contribution in [2.75, 3.05) is 25.5 Å². The first-order valence-electron chi connectivity index (χ1n) is 9.87. The molecule has 158 valence electrons. The molecular weight excluding hydrogens is 399 g/mol. The molecule has 8 nitrogen and oxygen atoms in total. The van der Waals surface area contributed by atoms with Crippen LogP contribution in [0, 0.1) is 17.1 Å². The molecule has 3 heterocycles. The lowest BCUT2D eigenvalue weighted by molar-refractivity contribution is 0.382. The van der Waals surface area contributed by atoms with Gasteiger partial charge in [0, 0.05) is 36.6 Å². The Labute approximate surface area is 179 Å². The predicted molar refractivity (Wildman–Crippen MR) is 113 cm³/mol. The molecule has 0 saturated carbocycles. The summed E-state index contributed by atoms with van der Waals surface area (Å²) in [5.41, 5.74) is 1.52. The quantitative estimate of drug-likeness (QED) is 0.598. The predicted octanol–water partition coefficient (Wildman–Crippen LogP) is 3.51. The first kappa shape index (κ1) is 20.5. The lowest BCUT2D eigenvalue weighted by atomic mass is 10.2. The number of aromatic nitrogens is 3. The first-order chi connectivity index (χ1) is 15.2. The second kappa shape index (κ2) is 9.36. The van der Waals surface area contributed by atoms with E-state index in [1.54, 1.807) is 24.5 Å². The number of hydrogen-bond acceptors (Lipinski definition) is 8. The fraction of sp³-hybridized carbons (Fsp3) is 0.273. The van der Waals surface area contributed by atoms with Gasteiger partial charge in [-0.1, -0.05) is 0 Å². The van der Waals surface area contributed by atoms with Crippen molar-refractivity contribution in [2.45, 2.75) is 18.9 Å². The Bertz CT molecular complexity index is 1110. The molecule has 1 saturated heterocycles. The number of benzene rings is 1. The van der Waals surface area contributed by atoms with Gasteiger partial charge in [-0.05, 0) is 37.6 Å². The molecule has 1 fully saturated rings. The number of nitrogens with zero attached hydrogens (tertiary/aromatic N) is 4. The Balaban J connectivity index is 1.65. The number of nitrogens with one attached hydrogen (secondary N) is 2. The summed E-state index contributed by atoms with van der Waals surface area (Å²) >= 11 is 0. The SMILES string of the molecule is COc1ccc(Oc2nc(-c3cncc(C#N)c3)cnc2NC[C@@H]2CCCN2)cc1F. The van der Waals surface area contributed by atoms with Crippen LogP contribution in [0.4, 0.5) is 10.2 Å². The van der Waals surface area contributed by atoms with E-state index in [-0.39, 0.29) is 17.4 Å². The summed E-state index contributed by atoms with van der Waals surface area (Å²) in [5.74, 6) is 0.480. The number of ether oxygens (including phenoxy) is 2. The number of nitriles is 1. The molecule has 0 spiro atoms. The third-order valence-electron chi connectivity index (χ3n) is 4.92. The number of rotatable bonds is 7. The summed E-state index contributed by atoms with van der Waals surface area (Å²) in [4.78, 5) is 13.1. The standard InChI is InChI=1S/C22H21FN6O2/c1-30-20-5-4-17(8-18(20)23)31-22-21(27-12-16-3-2-6-26-16)28-13-19(29-22)15-7-14(9-24)10-25-11-15/h4-5,7-8,10-11,13,16,26H,2-3,6,12H2,1H3,(H,27,28)/t16-/m0/s1. The minimum atomic E-state index is -0.542. The van der Waals surface area contributed by atoms with Crippen molar-refractivity contribution in [1.29, 1.82) is 5.26 Å². The summed E-state index contributed by atoms with van der Waals surface area (Å²) in [6, 6.07) is 8.37. The largest absolute Gasteiger partial charge is 0.494 e. The summed E-state index contributed by atoms with van der Waals surface area (Å²) < 4.78 is 25.0. The van der Waals surface area contributed by atoms with Crippen LogP contribution in [-0.2, 0) is 0 Å². The van der Waals surface area contributed by atoms with Crippen molar-refractivity contribution in [3.8, 4) is 34.7 Å². The van der Waals surface area contributed by atoms with Crippen molar-refractivity contribution < 1.29 is 13.9 Å². The maximum absolute atomic E-state index is 14.1. The Morgan fingerprint density at radius 3 is 2.94 bits per heavy atom. The van der Waals surface area contributed by atoms with Gasteiger partial charge >= 0.3 is 0 Å². The number of pyridine rings is 1. The molecule has 2 N–H and O–H groups in total. The Morgan fingerprint density at radius 1 is 1.29 bits per heavy atom. The Hall–Kier alpha value is -3.77. The molecule has 3 aromatic rings. The van der Waals surface area contributed by atoms with Crippen LogP contribution < -0.4 is 20.1 Å². The van der Waals surface area contributed by atoms with E-state index in [9.17, 15) is 4.39 Å². The lowest BCUT2D eigenvalue weighted by Gasteiger charge is -2.15. The lowest BCUT2D eigenvalue weighted by Crippen LogP contribution is -2.29. The first-order valence-corrected chi connectivity index (χ1v) is 9.87. The zero-order valence-corrected chi connectivity index (χ0v) is 16.9. The number of hydrogen-bond donors (Lipinski definition) is 2. The van der Waals surface area contributed by atoms with Crippen LogP contribution in [0.15, 0.2) is 42.9 Å². The maximum atomic E-state index is 14.1. The molecule has 2 aromatic heterocycles. The van der Waals surface area contributed by atoms with Gasteiger partial charge in [-0.25, -0.2) is 14.4 Å². The van der Waals surface area contributed by atoms with Crippen molar-refractivity contribution in [2.24, 2.45) is 0 Å². The molecule has 1 aliphatic rings. The second-order valence-corrected chi connectivity index (χ2v) is 7.06. The van der Waals surface area contributed by atoms with E-state index < -0.39 is 5.82 Å². The summed E-state index contributed by atoms with van der Waals surface area (Å²) in [5, 5.41) is 15.8. The van der Waals surface area contributed by atoms with Crippen LogP contribution in [0.3, 0.4) is 0 Å². The van der Waals surface area contributed by atoms with Gasteiger partial charge in [0.25, 0.3) is 5.88 Å². The average Bonchev–Trinajstić information content (AvgIpc) is 3.32. The van der Waals surface area contributed by atoms with Gasteiger partial charge in [-0.3, -0.25) is 4.98 Å². The summed E-state index contributed by atoms with van der Waals surface area (Å²) in [6.07, 6.45) is 6.86. The van der Waals surface area contributed by atoms with E-state index in [0.717, 1.165) is 19.4 Å². The van der Waals surface area contributed by atoms with Crippen molar-refractivity contribution in [3.63, 3.8) is 0 Å². The minimum absolute atomic E-state index is 0.122. The van der Waals surface area contributed by atoms with Crippen LogP contribution in [0.25, 0.3) is 11.3 Å². The van der Waals surface area contributed by atoms with Crippen LogP contribution >= 0.6 is 0 Å². The molecule has 0 amide bonds. The van der Waals surface area contributed by atoms with E-state index in [2.05, 4.69) is 31.7 Å². The molecule has 0 aliphatic carbocycles. The zero-order chi connectivity index (χ0) is 21.6. The number of methoxy groups -OCH3 is 1. The van der Waals surface area contributed by atoms with Crippen molar-refractivity contribution in [1.82, 2.24) is 20.3 Å². The molecule has 0 unspecified atom stereocenters. The van der Waals surface area contributed by atoms with E-state index >= 15 is 0 Å². The molecule has 9 heteroatoms. The molecule has 0 bridgehead atoms. The third kappa shape index (κ3) is 4.87. The summed E-state index contributed by atoms with van der Waals surface area (Å²) in [7, 11) is 1.40. The molecule has 0 radical (unpaired) electrons. The van der Waals surface area contributed by atoms with Gasteiger partial charge in [0.2, 0.25) is 0 Å². The van der Waals surface area contributed by atoms with Crippen molar-refractivity contribution >= 4 is 5.82 Å². The van der Waals surface area contributed by atoms with Gasteiger partial charge in [-0.15, -0.1) is 0 Å².